The van der Waals surface area contributed by atoms with Crippen molar-refractivity contribution in [3.05, 3.63) is 97.3 Å². The Bertz CT molecular complexity index is 1310. The van der Waals surface area contributed by atoms with Crippen molar-refractivity contribution < 1.29 is 23.6 Å². The van der Waals surface area contributed by atoms with Crippen molar-refractivity contribution in [2.75, 3.05) is 7.11 Å². The van der Waals surface area contributed by atoms with E-state index in [0.717, 1.165) is 11.6 Å². The normalized spacial score (nSPS) is 10.5. The zero-order chi connectivity index (χ0) is 24.7. The number of non-ortho nitro benzene ring substituents is 1. The summed E-state index contributed by atoms with van der Waals surface area (Å²) < 4.78 is 25.7. The van der Waals surface area contributed by atoms with E-state index in [0.29, 0.717) is 21.5 Å². The molecule has 34 heavy (non-hydrogen) atoms. The summed E-state index contributed by atoms with van der Waals surface area (Å²) >= 11 is 3.40. The van der Waals surface area contributed by atoms with E-state index in [2.05, 4.69) is 26.5 Å². The average molecular weight is 527 g/mol. The van der Waals surface area contributed by atoms with Crippen LogP contribution in [0.4, 0.5) is 10.1 Å². The van der Waals surface area contributed by atoms with Gasteiger partial charge in [0.05, 0.1) is 35.4 Å². The van der Waals surface area contributed by atoms with Gasteiger partial charge in [0.1, 0.15) is 12.4 Å². The Morgan fingerprint density at radius 2 is 1.97 bits per heavy atom. The summed E-state index contributed by atoms with van der Waals surface area (Å²) in [6.45, 7) is 0.153. The Morgan fingerprint density at radius 3 is 2.59 bits per heavy atom. The van der Waals surface area contributed by atoms with Gasteiger partial charge < -0.3 is 9.47 Å². The van der Waals surface area contributed by atoms with Crippen LogP contribution in [0.5, 0.6) is 11.5 Å². The van der Waals surface area contributed by atoms with Gasteiger partial charge in [-0.05, 0) is 64.0 Å². The maximum Gasteiger partial charge on any atom is 0.274 e. The summed E-state index contributed by atoms with van der Waals surface area (Å²) in [4.78, 5) is 22.4. The van der Waals surface area contributed by atoms with E-state index in [9.17, 15) is 19.3 Å². The molecule has 3 aromatic rings. The van der Waals surface area contributed by atoms with Crippen LogP contribution in [0.25, 0.3) is 0 Å². The number of methoxy groups -OCH3 is 1. The molecule has 0 spiro atoms. The lowest BCUT2D eigenvalue weighted by Gasteiger charge is -2.13. The smallest absolute Gasteiger partial charge is 0.274 e. The predicted molar refractivity (Wildman–Crippen MR) is 124 cm³/mol. The van der Waals surface area contributed by atoms with E-state index in [-0.39, 0.29) is 23.4 Å². The van der Waals surface area contributed by atoms with Gasteiger partial charge >= 0.3 is 0 Å². The van der Waals surface area contributed by atoms with Crippen molar-refractivity contribution in [2.45, 2.75) is 6.61 Å². The summed E-state index contributed by atoms with van der Waals surface area (Å²) in [6.07, 6.45) is 1.34. The number of amides is 1. The fourth-order valence-electron chi connectivity index (χ4n) is 2.79. The first-order chi connectivity index (χ1) is 16.3. The number of carbonyl (C=O) groups is 1. The molecule has 0 saturated carbocycles. The molecule has 0 aliphatic carbocycles. The number of hydrogen-bond donors (Lipinski definition) is 1. The second kappa shape index (κ2) is 11.0. The molecule has 11 heteroatoms. The van der Waals surface area contributed by atoms with Crippen molar-refractivity contribution in [1.29, 1.82) is 5.26 Å². The summed E-state index contributed by atoms with van der Waals surface area (Å²) in [7, 11) is 1.46. The lowest BCUT2D eigenvalue weighted by Crippen LogP contribution is -2.19. The topological polar surface area (TPSA) is 127 Å². The Labute approximate surface area is 201 Å². The zero-order valence-corrected chi connectivity index (χ0v) is 19.2. The largest absolute Gasteiger partial charge is 0.493 e. The third-order valence-electron chi connectivity index (χ3n) is 4.54. The lowest BCUT2D eigenvalue weighted by atomic mass is 10.1. The van der Waals surface area contributed by atoms with Crippen LogP contribution in [0.2, 0.25) is 0 Å². The third kappa shape index (κ3) is 5.93. The fraction of sp³-hybridized carbons (Fsp3) is 0.0870. The van der Waals surface area contributed by atoms with Crippen LogP contribution >= 0.6 is 15.9 Å². The molecular formula is C23H16BrFN4O5. The van der Waals surface area contributed by atoms with Crippen LogP contribution in [-0.2, 0) is 6.61 Å². The first-order valence-electron chi connectivity index (χ1n) is 9.59. The Hall–Kier alpha value is -4.30. The number of ether oxygens (including phenoxy) is 2. The molecule has 0 aliphatic heterocycles. The third-order valence-corrected chi connectivity index (χ3v) is 5.22. The molecule has 0 aromatic heterocycles. The van der Waals surface area contributed by atoms with Crippen molar-refractivity contribution in [3.8, 4) is 17.6 Å². The van der Waals surface area contributed by atoms with Gasteiger partial charge in [0, 0.05) is 22.2 Å². The van der Waals surface area contributed by atoms with Gasteiger partial charge in [0.25, 0.3) is 11.6 Å². The highest BCUT2D eigenvalue weighted by Crippen LogP contribution is 2.33. The minimum atomic E-state index is -0.830. The highest BCUT2D eigenvalue weighted by atomic mass is 79.9. The Morgan fingerprint density at radius 1 is 1.24 bits per heavy atom. The minimum Gasteiger partial charge on any atom is -0.493 e. The van der Waals surface area contributed by atoms with E-state index in [4.69, 9.17) is 14.7 Å². The van der Waals surface area contributed by atoms with Crippen LogP contribution in [0.3, 0.4) is 0 Å². The second-order valence-electron chi connectivity index (χ2n) is 6.74. The number of nitriles is 1. The zero-order valence-electron chi connectivity index (χ0n) is 17.6. The number of nitrogens with one attached hydrogen (secondary N) is 1. The van der Waals surface area contributed by atoms with Crippen molar-refractivity contribution in [3.63, 3.8) is 0 Å². The number of benzene rings is 3. The van der Waals surface area contributed by atoms with Gasteiger partial charge in [-0.15, -0.1) is 0 Å². The van der Waals surface area contributed by atoms with E-state index >= 15 is 0 Å². The molecule has 9 nitrogen and oxygen atoms in total. The average Bonchev–Trinajstić information content (AvgIpc) is 2.83. The van der Waals surface area contributed by atoms with Gasteiger partial charge in [0.15, 0.2) is 11.5 Å². The maximum atomic E-state index is 14.0. The number of nitrogens with zero attached hydrogens (tertiary/aromatic N) is 3. The molecule has 0 fully saturated rings. The maximum absolute atomic E-state index is 14.0. The molecule has 0 atom stereocenters. The minimum absolute atomic E-state index is 0.0123. The number of nitro benzene ring substituents is 1. The molecule has 0 radical (unpaired) electrons. The summed E-state index contributed by atoms with van der Waals surface area (Å²) in [6, 6.07) is 14.5. The van der Waals surface area contributed by atoms with Crippen molar-refractivity contribution in [2.24, 2.45) is 5.10 Å². The number of rotatable bonds is 8. The number of halogens is 2. The van der Waals surface area contributed by atoms with Crippen molar-refractivity contribution in [1.82, 2.24) is 5.43 Å². The molecule has 1 N–H and O–H groups in total. The molecular weight excluding hydrogens is 511 g/mol. The lowest BCUT2D eigenvalue weighted by molar-refractivity contribution is -0.384. The highest BCUT2D eigenvalue weighted by Gasteiger charge is 2.13. The standard InChI is InChI=1S/C23H16BrFN4O5/c1-33-21-9-16(12-27-28-23(30)18-7-4-15(11-26)8-20(18)25)19(24)10-22(21)34-13-14-2-5-17(6-3-14)29(31)32/h2-10,12H,13H2,1H3,(H,28,30)/b27-12-. The number of carbonyl (C=O) groups excluding carboxylic acids is 1. The van der Waals surface area contributed by atoms with Crippen LogP contribution < -0.4 is 14.9 Å². The Kier molecular flexibility index (Phi) is 7.89. The van der Waals surface area contributed by atoms with Gasteiger partial charge in [-0.2, -0.15) is 10.4 Å². The highest BCUT2D eigenvalue weighted by molar-refractivity contribution is 9.10. The van der Waals surface area contributed by atoms with E-state index in [1.807, 2.05) is 0 Å². The molecule has 1 amide bonds. The SMILES string of the molecule is COc1cc(/C=N\NC(=O)c2ccc(C#N)cc2F)c(Br)cc1OCc1ccc([N+](=O)[O-])cc1. The second-order valence-corrected chi connectivity index (χ2v) is 7.60. The van der Waals surface area contributed by atoms with Gasteiger partial charge in [0.2, 0.25) is 0 Å². The van der Waals surface area contributed by atoms with Gasteiger partial charge in [-0.25, -0.2) is 9.82 Å². The van der Waals surface area contributed by atoms with Gasteiger partial charge in [-0.3, -0.25) is 14.9 Å². The molecule has 0 unspecified atom stereocenters. The van der Waals surface area contributed by atoms with E-state index in [1.54, 1.807) is 30.3 Å². The van der Waals surface area contributed by atoms with Crippen LogP contribution in [-0.4, -0.2) is 24.2 Å². The van der Waals surface area contributed by atoms with Crippen LogP contribution in [0.15, 0.2) is 64.2 Å². The molecule has 0 bridgehead atoms. The molecule has 0 aliphatic rings. The summed E-state index contributed by atoms with van der Waals surface area (Å²) in [5.41, 5.74) is 3.34. The monoisotopic (exact) mass is 526 g/mol. The first-order valence-corrected chi connectivity index (χ1v) is 10.4. The summed E-state index contributed by atoms with van der Waals surface area (Å²) in [5.74, 6) is -0.807. The molecule has 0 heterocycles. The van der Waals surface area contributed by atoms with Crippen LogP contribution in [0, 0.1) is 27.3 Å². The van der Waals surface area contributed by atoms with E-state index in [1.165, 1.54) is 37.6 Å². The number of hydrazone groups is 1. The summed E-state index contributed by atoms with van der Waals surface area (Å²) in [5, 5.41) is 23.4. The number of nitro groups is 1. The van der Waals surface area contributed by atoms with E-state index < -0.39 is 16.6 Å². The molecule has 0 saturated heterocycles. The fourth-order valence-corrected chi connectivity index (χ4v) is 3.21. The number of hydrogen-bond acceptors (Lipinski definition) is 7. The first kappa shape index (κ1) is 24.3. The van der Waals surface area contributed by atoms with Gasteiger partial charge in [-0.1, -0.05) is 0 Å². The molecule has 3 rings (SSSR count). The van der Waals surface area contributed by atoms with Crippen LogP contribution in [0.1, 0.15) is 27.0 Å². The van der Waals surface area contributed by atoms with Crippen molar-refractivity contribution >= 4 is 33.7 Å². The molecule has 172 valence electrons. The Balaban J connectivity index is 1.69. The quantitative estimate of drug-likeness (QED) is 0.257. The molecule has 3 aromatic carbocycles. The predicted octanol–water partition coefficient (Wildman–Crippen LogP) is 4.72.